The number of nitrogens with zero attached hydrogens (tertiary/aromatic N) is 1. The van der Waals surface area contributed by atoms with Gasteiger partial charge < -0.3 is 31.3 Å². The minimum absolute atomic E-state index is 0. The Labute approximate surface area is 184 Å². The fraction of sp³-hybridized carbons (Fsp3) is 0.409. The molecule has 1 fully saturated rings. The Morgan fingerprint density at radius 1 is 1.19 bits per heavy atom. The highest BCUT2D eigenvalue weighted by Crippen LogP contribution is 2.57. The number of hydrogen-bond acceptors (Lipinski definition) is 9. The molecule has 10 heteroatoms. The topological polar surface area (TPSA) is 182 Å². The van der Waals surface area contributed by atoms with E-state index in [2.05, 4.69) is 0 Å². The second kappa shape index (κ2) is 6.64. The maximum Gasteiger partial charge on any atom is 0.255 e. The van der Waals surface area contributed by atoms with Crippen LogP contribution < -0.4 is 5.73 Å². The Bertz CT molecular complexity index is 1160. The van der Waals surface area contributed by atoms with E-state index in [1.165, 1.54) is 44.1 Å². The van der Waals surface area contributed by atoms with Crippen LogP contribution in [0.25, 0.3) is 5.76 Å². The molecule has 3 aliphatic rings. The van der Waals surface area contributed by atoms with E-state index >= 15 is 0 Å². The molecule has 3 aliphatic carbocycles. The summed E-state index contributed by atoms with van der Waals surface area (Å²) in [6.45, 7) is 1.40. The maximum absolute atomic E-state index is 13.7. The molecule has 0 heterocycles. The Balaban J connectivity index is 0.00000306. The summed E-state index contributed by atoms with van der Waals surface area (Å²) in [6.07, 6.45) is -0.200. The molecule has 1 amide bonds. The van der Waals surface area contributed by atoms with E-state index in [0.717, 1.165) is 0 Å². The van der Waals surface area contributed by atoms with E-state index in [9.17, 15) is 39.9 Å². The molecule has 0 saturated heterocycles. The Hall–Kier alpha value is -3.21. The Morgan fingerprint density at radius 3 is 2.38 bits per heavy atom. The van der Waals surface area contributed by atoms with Crippen molar-refractivity contribution in [2.45, 2.75) is 30.6 Å². The number of hydrogen-bond donors (Lipinski definition) is 6. The zero-order valence-corrected chi connectivity index (χ0v) is 17.7. The normalized spacial score (nSPS) is 34.4. The third-order valence-electron chi connectivity index (χ3n) is 7.02. The van der Waals surface area contributed by atoms with E-state index in [1.807, 2.05) is 0 Å². The maximum atomic E-state index is 13.7. The summed E-state index contributed by atoms with van der Waals surface area (Å²) in [5.41, 5.74) is -0.548. The summed E-state index contributed by atoms with van der Waals surface area (Å²) in [5, 5.41) is 54.9. The van der Waals surface area contributed by atoms with E-state index in [4.69, 9.17) is 5.73 Å². The van der Waals surface area contributed by atoms with Gasteiger partial charge in [-0.2, -0.15) is 0 Å². The van der Waals surface area contributed by atoms with Crippen molar-refractivity contribution in [3.8, 4) is 5.75 Å². The number of primary amides is 1. The van der Waals surface area contributed by atoms with Crippen molar-refractivity contribution in [2.75, 3.05) is 14.1 Å². The van der Waals surface area contributed by atoms with Crippen molar-refractivity contribution < 1.29 is 41.3 Å². The molecule has 5 atom stereocenters. The van der Waals surface area contributed by atoms with E-state index < -0.39 is 75.0 Å². The first-order valence-corrected chi connectivity index (χ1v) is 9.97. The van der Waals surface area contributed by atoms with Gasteiger partial charge in [0.15, 0.2) is 11.4 Å². The Morgan fingerprint density at radius 2 is 1.81 bits per heavy atom. The zero-order chi connectivity index (χ0) is 23.9. The molecule has 1 aromatic rings. The van der Waals surface area contributed by atoms with Crippen LogP contribution in [0, 0.1) is 11.8 Å². The number of rotatable bonds is 2. The second-order valence-electron chi connectivity index (χ2n) is 8.96. The number of phenolic OH excluding ortho intramolecular Hbond substituents is 1. The average Bonchev–Trinajstić information content (AvgIpc) is 2.68. The minimum Gasteiger partial charge on any atom is -0.508 e. The van der Waals surface area contributed by atoms with Crippen molar-refractivity contribution in [2.24, 2.45) is 17.6 Å². The van der Waals surface area contributed by atoms with Crippen LogP contribution >= 0.6 is 0 Å². The highest BCUT2D eigenvalue weighted by molar-refractivity contribution is 6.24. The van der Waals surface area contributed by atoms with Crippen molar-refractivity contribution >= 4 is 23.2 Å². The number of fused-ring (bicyclic) bond motifs is 3. The molecule has 172 valence electrons. The molecule has 4 rings (SSSR count). The molecule has 0 aliphatic heterocycles. The van der Waals surface area contributed by atoms with Crippen molar-refractivity contribution in [1.82, 2.24) is 4.90 Å². The van der Waals surface area contributed by atoms with Crippen LogP contribution in [0.3, 0.4) is 0 Å². The van der Waals surface area contributed by atoms with Gasteiger partial charge in [0.2, 0.25) is 5.78 Å². The molecule has 0 aromatic heterocycles. The van der Waals surface area contributed by atoms with Crippen LogP contribution in [0.4, 0.5) is 0 Å². The number of aliphatic hydroxyl groups excluding tert-OH is 2. The molecule has 1 saturated carbocycles. The highest BCUT2D eigenvalue weighted by Gasteiger charge is 2.66. The fourth-order valence-electron chi connectivity index (χ4n) is 5.50. The monoisotopic (exact) mass is 446 g/mol. The number of nitrogens with two attached hydrogens (primary N) is 1. The third kappa shape index (κ3) is 2.48. The van der Waals surface area contributed by atoms with Crippen LogP contribution in [0.5, 0.6) is 5.75 Å². The van der Waals surface area contributed by atoms with Gasteiger partial charge in [0, 0.05) is 18.8 Å². The van der Waals surface area contributed by atoms with Gasteiger partial charge in [0.05, 0.1) is 17.2 Å². The Kier molecular flexibility index (Phi) is 4.57. The second-order valence-corrected chi connectivity index (χ2v) is 8.96. The van der Waals surface area contributed by atoms with Crippen molar-refractivity contribution in [1.29, 1.82) is 0 Å². The summed E-state index contributed by atoms with van der Waals surface area (Å²) in [6, 6.07) is 3.02. The van der Waals surface area contributed by atoms with Gasteiger partial charge >= 0.3 is 0 Å². The van der Waals surface area contributed by atoms with Gasteiger partial charge in [-0.15, -0.1) is 0 Å². The van der Waals surface area contributed by atoms with Crippen LogP contribution in [0.2, 0.25) is 0 Å². The number of Topliss-reactive ketones (excluding diaryl/α,β-unsaturated/α-hetero) is 2. The smallest absolute Gasteiger partial charge is 0.255 e. The van der Waals surface area contributed by atoms with Gasteiger partial charge in [0.1, 0.15) is 22.8 Å². The van der Waals surface area contributed by atoms with Gasteiger partial charge in [-0.25, -0.2) is 0 Å². The predicted molar refractivity (Wildman–Crippen MR) is 112 cm³/mol. The average molecular weight is 446 g/mol. The number of phenols is 1. The van der Waals surface area contributed by atoms with E-state index in [-0.39, 0.29) is 19.0 Å². The zero-order valence-electron chi connectivity index (χ0n) is 17.7. The molecule has 32 heavy (non-hydrogen) atoms. The first-order valence-electron chi connectivity index (χ1n) is 9.97. The molecular weight excluding hydrogens is 420 g/mol. The minimum atomic E-state index is -2.75. The predicted octanol–water partition coefficient (Wildman–Crippen LogP) is -0.125. The standard InChI is InChI=1S/C22H24N2O8.H2/c1-21(31)8-5-4-6-11(25)12(8)16(26)13-9(21)7-10-15(24(2)3)17(27)14(20(23)30)19(29)22(10,32)18(13)28;/h4-6,9-10,15,25-26,29,31-32H,7H2,1-3H3,(H2,23,30);1H/t9-,10-,15-,21+,22-;/m0./s1. The lowest BCUT2D eigenvalue weighted by Crippen LogP contribution is -2.67. The third-order valence-corrected chi connectivity index (χ3v) is 7.02. The van der Waals surface area contributed by atoms with Gasteiger partial charge in [-0.3, -0.25) is 19.3 Å². The summed E-state index contributed by atoms with van der Waals surface area (Å²) >= 11 is 0. The summed E-state index contributed by atoms with van der Waals surface area (Å²) in [4.78, 5) is 40.0. The van der Waals surface area contributed by atoms with Crippen molar-refractivity contribution in [3.05, 3.63) is 46.2 Å². The van der Waals surface area contributed by atoms with E-state index in [1.54, 1.807) is 0 Å². The van der Waals surface area contributed by atoms with Crippen LogP contribution in [0.1, 0.15) is 25.9 Å². The number of aliphatic hydroxyl groups is 4. The summed E-state index contributed by atoms with van der Waals surface area (Å²) in [5.74, 6) is -7.90. The SMILES string of the molecule is CN(C)[C@@H]1C(=O)C(C(N)=O)=C(O)[C@@]2(O)C(=O)C3=C(O)c4c(O)cccc4[C@@](C)(O)[C@H]3C[C@@H]12.[HH]. The first-order chi connectivity index (χ1) is 14.8. The fourth-order valence-corrected chi connectivity index (χ4v) is 5.50. The quantitative estimate of drug-likeness (QED) is 0.337. The number of benzene rings is 1. The van der Waals surface area contributed by atoms with E-state index in [0.29, 0.717) is 0 Å². The van der Waals surface area contributed by atoms with Crippen molar-refractivity contribution in [3.63, 3.8) is 0 Å². The molecule has 0 bridgehead atoms. The molecule has 0 spiro atoms. The highest BCUT2D eigenvalue weighted by atomic mass is 16.3. The number of carbonyl (C=O) groups excluding carboxylic acids is 3. The summed E-state index contributed by atoms with van der Waals surface area (Å²) < 4.78 is 0. The first kappa shape index (κ1) is 22.0. The largest absolute Gasteiger partial charge is 0.508 e. The molecule has 0 unspecified atom stereocenters. The van der Waals surface area contributed by atoms with Gasteiger partial charge in [-0.05, 0) is 39.1 Å². The molecular formula is C22H26N2O8. The molecule has 10 nitrogen and oxygen atoms in total. The molecule has 0 radical (unpaired) electrons. The summed E-state index contributed by atoms with van der Waals surface area (Å²) in [7, 11) is 3.01. The number of aromatic hydroxyl groups is 1. The number of amides is 1. The van der Waals surface area contributed by atoms with Crippen LogP contribution in [0.15, 0.2) is 35.1 Å². The number of likely N-dealkylation sites (N-methyl/N-ethyl adjacent to an activating group) is 1. The molecule has 7 N–H and O–H groups in total. The van der Waals surface area contributed by atoms with Crippen LogP contribution in [-0.2, 0) is 20.0 Å². The van der Waals surface area contributed by atoms with Gasteiger partial charge in [0.25, 0.3) is 5.91 Å². The number of carbonyl (C=O) groups is 3. The lowest BCUT2D eigenvalue weighted by molar-refractivity contribution is -0.159. The van der Waals surface area contributed by atoms with Gasteiger partial charge in [-0.1, -0.05) is 12.1 Å². The number of ketones is 2. The lowest BCUT2D eigenvalue weighted by Gasteiger charge is -2.53. The van der Waals surface area contributed by atoms with Crippen LogP contribution in [-0.4, -0.2) is 73.6 Å². The molecule has 1 aromatic carbocycles. The lowest BCUT2D eigenvalue weighted by atomic mass is 9.54.